The third kappa shape index (κ3) is 2.94. The van der Waals surface area contributed by atoms with Crippen LogP contribution in [-0.4, -0.2) is 46.6 Å². The quantitative estimate of drug-likeness (QED) is 0.841. The number of carbonyl (C=O) groups is 2. The highest BCUT2D eigenvalue weighted by atomic mass is 16.2. The first-order chi connectivity index (χ1) is 9.01. The van der Waals surface area contributed by atoms with Crippen LogP contribution >= 0.6 is 0 Å². The lowest BCUT2D eigenvalue weighted by atomic mass is 10.1. The Bertz CT molecular complexity index is 495. The van der Waals surface area contributed by atoms with Gasteiger partial charge in [-0.3, -0.25) is 14.3 Å². The first-order valence-electron chi connectivity index (χ1n) is 6.51. The van der Waals surface area contributed by atoms with E-state index in [1.54, 1.807) is 16.6 Å². The topological polar surface area (TPSA) is 67.2 Å². The van der Waals surface area contributed by atoms with E-state index in [9.17, 15) is 9.59 Å². The molecule has 1 N–H and O–H groups in total. The molecular formula is C13H20N4O2. The summed E-state index contributed by atoms with van der Waals surface area (Å²) in [5.74, 6) is -0.0339. The second-order valence-corrected chi connectivity index (χ2v) is 5.02. The molecule has 0 bridgehead atoms. The van der Waals surface area contributed by atoms with E-state index < -0.39 is 0 Å². The number of aromatic nitrogens is 2. The Morgan fingerprint density at radius 1 is 1.47 bits per heavy atom. The van der Waals surface area contributed by atoms with Gasteiger partial charge in [-0.05, 0) is 26.3 Å². The monoisotopic (exact) mass is 264 g/mol. The summed E-state index contributed by atoms with van der Waals surface area (Å²) >= 11 is 0. The number of nitrogens with zero attached hydrogens (tertiary/aromatic N) is 3. The maximum Gasteiger partial charge on any atom is 0.244 e. The number of carbonyl (C=O) groups excluding carboxylic acids is 2. The number of likely N-dealkylation sites (tertiary alicyclic amines) is 1. The van der Waals surface area contributed by atoms with Gasteiger partial charge in [0.15, 0.2) is 0 Å². The summed E-state index contributed by atoms with van der Waals surface area (Å²) in [6.07, 6.45) is 0.739. The fourth-order valence-corrected chi connectivity index (χ4v) is 2.47. The first-order valence-corrected chi connectivity index (χ1v) is 6.51. The number of amides is 2. The van der Waals surface area contributed by atoms with Crippen molar-refractivity contribution in [2.24, 2.45) is 5.92 Å². The van der Waals surface area contributed by atoms with Gasteiger partial charge in [0.1, 0.15) is 6.54 Å². The van der Waals surface area contributed by atoms with E-state index in [1.165, 1.54) is 0 Å². The van der Waals surface area contributed by atoms with Crippen molar-refractivity contribution < 1.29 is 9.59 Å². The van der Waals surface area contributed by atoms with Crippen molar-refractivity contribution in [2.45, 2.75) is 26.8 Å². The molecule has 0 spiro atoms. The average Bonchev–Trinajstić information content (AvgIpc) is 2.96. The number of hydrogen-bond acceptors (Lipinski definition) is 3. The summed E-state index contributed by atoms with van der Waals surface area (Å²) in [7, 11) is 1.63. The van der Waals surface area contributed by atoms with E-state index in [-0.39, 0.29) is 24.3 Å². The summed E-state index contributed by atoms with van der Waals surface area (Å²) in [5.41, 5.74) is 1.89. The number of rotatable bonds is 3. The molecule has 1 fully saturated rings. The molecule has 0 saturated carbocycles. The third-order valence-corrected chi connectivity index (χ3v) is 3.55. The van der Waals surface area contributed by atoms with Crippen LogP contribution in [0.25, 0.3) is 0 Å². The van der Waals surface area contributed by atoms with E-state index >= 15 is 0 Å². The van der Waals surface area contributed by atoms with Crippen LogP contribution in [0.15, 0.2) is 6.07 Å². The molecule has 0 aromatic carbocycles. The number of hydrogen-bond donors (Lipinski definition) is 1. The minimum atomic E-state index is -0.0746. The molecule has 19 heavy (non-hydrogen) atoms. The molecule has 1 aliphatic heterocycles. The van der Waals surface area contributed by atoms with Crippen LogP contribution in [0, 0.1) is 19.8 Å². The highest BCUT2D eigenvalue weighted by molar-refractivity contribution is 5.81. The zero-order valence-corrected chi connectivity index (χ0v) is 11.6. The van der Waals surface area contributed by atoms with Gasteiger partial charge in [0.25, 0.3) is 0 Å². The lowest BCUT2D eigenvalue weighted by Crippen LogP contribution is -2.35. The van der Waals surface area contributed by atoms with E-state index in [0.29, 0.717) is 13.1 Å². The highest BCUT2D eigenvalue weighted by Gasteiger charge is 2.30. The van der Waals surface area contributed by atoms with E-state index in [4.69, 9.17) is 0 Å². The van der Waals surface area contributed by atoms with Gasteiger partial charge >= 0.3 is 0 Å². The van der Waals surface area contributed by atoms with Gasteiger partial charge in [-0.2, -0.15) is 5.10 Å². The zero-order valence-electron chi connectivity index (χ0n) is 11.6. The number of nitrogens with one attached hydrogen (secondary N) is 1. The van der Waals surface area contributed by atoms with Crippen LogP contribution in [0.4, 0.5) is 0 Å². The molecule has 2 amide bonds. The van der Waals surface area contributed by atoms with Crippen molar-refractivity contribution in [1.82, 2.24) is 20.0 Å². The summed E-state index contributed by atoms with van der Waals surface area (Å²) in [5, 5.41) is 6.92. The Hall–Kier alpha value is -1.85. The maximum absolute atomic E-state index is 12.2. The molecule has 1 saturated heterocycles. The van der Waals surface area contributed by atoms with Crippen LogP contribution in [-0.2, 0) is 16.1 Å². The van der Waals surface area contributed by atoms with Gasteiger partial charge in [0, 0.05) is 25.8 Å². The van der Waals surface area contributed by atoms with Crippen molar-refractivity contribution in [3.8, 4) is 0 Å². The number of aryl methyl sites for hydroxylation is 2. The van der Waals surface area contributed by atoms with Crippen LogP contribution in [0.2, 0.25) is 0 Å². The van der Waals surface area contributed by atoms with Crippen LogP contribution in [0.3, 0.4) is 0 Å². The summed E-state index contributed by atoms with van der Waals surface area (Å²) < 4.78 is 1.71. The standard InChI is InChI=1S/C13H20N4O2/c1-9-6-10(2)17(15-9)8-12(18)16-5-4-11(7-16)13(19)14-3/h6,11H,4-5,7-8H2,1-3H3,(H,14,19)/t11-/m0/s1. The maximum atomic E-state index is 12.2. The van der Waals surface area contributed by atoms with Crippen LogP contribution in [0.1, 0.15) is 17.8 Å². The molecule has 2 rings (SSSR count). The van der Waals surface area contributed by atoms with Gasteiger partial charge in [-0.15, -0.1) is 0 Å². The fraction of sp³-hybridized carbons (Fsp3) is 0.615. The van der Waals surface area contributed by atoms with Gasteiger partial charge in [0.2, 0.25) is 11.8 Å². The normalized spacial score (nSPS) is 18.7. The molecule has 1 aromatic rings. The molecule has 1 atom stereocenters. The lowest BCUT2D eigenvalue weighted by molar-refractivity contribution is -0.131. The third-order valence-electron chi connectivity index (χ3n) is 3.55. The largest absolute Gasteiger partial charge is 0.359 e. The van der Waals surface area contributed by atoms with Gasteiger partial charge in [-0.25, -0.2) is 0 Å². The van der Waals surface area contributed by atoms with Crippen molar-refractivity contribution in [3.05, 3.63) is 17.5 Å². The van der Waals surface area contributed by atoms with E-state index in [1.807, 2.05) is 19.9 Å². The molecule has 0 aliphatic carbocycles. The predicted molar refractivity (Wildman–Crippen MR) is 70.5 cm³/mol. The molecule has 1 aliphatic rings. The van der Waals surface area contributed by atoms with Crippen molar-refractivity contribution in [1.29, 1.82) is 0 Å². The molecule has 2 heterocycles. The molecular weight excluding hydrogens is 244 g/mol. The summed E-state index contributed by atoms with van der Waals surface area (Å²) in [6.45, 7) is 5.25. The Morgan fingerprint density at radius 3 is 2.79 bits per heavy atom. The molecule has 1 aromatic heterocycles. The van der Waals surface area contributed by atoms with Crippen LogP contribution < -0.4 is 5.32 Å². The highest BCUT2D eigenvalue weighted by Crippen LogP contribution is 2.17. The zero-order chi connectivity index (χ0) is 14.0. The van der Waals surface area contributed by atoms with Crippen molar-refractivity contribution in [3.63, 3.8) is 0 Å². The second kappa shape index (κ2) is 5.42. The van der Waals surface area contributed by atoms with Crippen LogP contribution in [0.5, 0.6) is 0 Å². The fourth-order valence-electron chi connectivity index (χ4n) is 2.47. The predicted octanol–water partition coefficient (Wildman–Crippen LogP) is 0.0944. The van der Waals surface area contributed by atoms with Gasteiger partial charge in [-0.1, -0.05) is 0 Å². The second-order valence-electron chi connectivity index (χ2n) is 5.02. The Labute approximate surface area is 112 Å². The van der Waals surface area contributed by atoms with Gasteiger partial charge < -0.3 is 10.2 Å². The molecule has 0 radical (unpaired) electrons. The average molecular weight is 264 g/mol. The lowest BCUT2D eigenvalue weighted by Gasteiger charge is -2.16. The van der Waals surface area contributed by atoms with E-state index in [0.717, 1.165) is 17.8 Å². The molecule has 6 nitrogen and oxygen atoms in total. The Morgan fingerprint density at radius 2 is 2.21 bits per heavy atom. The Kier molecular flexibility index (Phi) is 3.87. The minimum absolute atomic E-state index is 0.0152. The summed E-state index contributed by atoms with van der Waals surface area (Å²) in [4.78, 5) is 25.4. The molecule has 0 unspecified atom stereocenters. The SMILES string of the molecule is CNC(=O)[C@H]1CCN(C(=O)Cn2nc(C)cc2C)C1. The first kappa shape index (κ1) is 13.6. The molecule has 104 valence electrons. The van der Waals surface area contributed by atoms with E-state index in [2.05, 4.69) is 10.4 Å². The van der Waals surface area contributed by atoms with Crippen molar-refractivity contribution in [2.75, 3.05) is 20.1 Å². The smallest absolute Gasteiger partial charge is 0.244 e. The summed E-state index contributed by atoms with van der Waals surface area (Å²) in [6, 6.07) is 1.95. The minimum Gasteiger partial charge on any atom is -0.359 e. The van der Waals surface area contributed by atoms with Gasteiger partial charge in [0.05, 0.1) is 11.6 Å². The van der Waals surface area contributed by atoms with Crippen molar-refractivity contribution >= 4 is 11.8 Å². The molecule has 6 heteroatoms. The Balaban J connectivity index is 1.95.